The molecule has 6 nitrogen and oxygen atoms in total. The van der Waals surface area contributed by atoms with Crippen LogP contribution in [0.1, 0.15) is 6.92 Å². The summed E-state index contributed by atoms with van der Waals surface area (Å²) in [5, 5.41) is 8.37. The summed E-state index contributed by atoms with van der Waals surface area (Å²) >= 11 is 5.77. The minimum atomic E-state index is -1.22. The van der Waals surface area contributed by atoms with Crippen molar-refractivity contribution in [3.63, 3.8) is 0 Å². The average molecular weight is 287 g/mol. The second-order valence-electron chi connectivity index (χ2n) is 3.58. The number of halogens is 1. The van der Waals surface area contributed by atoms with Crippen molar-refractivity contribution in [3.8, 4) is 0 Å². The first-order chi connectivity index (χ1) is 8.84. The minimum absolute atomic E-state index is 0.134. The third kappa shape index (κ3) is 2.68. The Morgan fingerprint density at radius 2 is 1.63 bits per heavy atom. The quantitative estimate of drug-likeness (QED) is 0.616. The summed E-state index contributed by atoms with van der Waals surface area (Å²) in [6, 6.07) is 0. The van der Waals surface area contributed by atoms with Gasteiger partial charge in [0, 0.05) is 11.1 Å². The Hall–Kier alpha value is -2.08. The second-order valence-corrected chi connectivity index (χ2v) is 3.96. The van der Waals surface area contributed by atoms with E-state index in [1.807, 2.05) is 0 Å². The predicted octanol–water partition coefficient (Wildman–Crippen LogP) is 1.17. The lowest BCUT2D eigenvalue weighted by Crippen LogP contribution is -2.23. The topological polar surface area (TPSA) is 89.9 Å². The van der Waals surface area contributed by atoms with Crippen molar-refractivity contribution in [3.05, 3.63) is 33.8 Å². The van der Waals surface area contributed by atoms with Gasteiger partial charge < -0.3 is 14.6 Å². The van der Waals surface area contributed by atoms with Gasteiger partial charge in [-0.05, 0) is 13.0 Å². The Bertz CT molecular complexity index is 553. The highest BCUT2D eigenvalue weighted by Crippen LogP contribution is 2.29. The predicted molar refractivity (Wildman–Crippen MR) is 65.3 cm³/mol. The number of allylic oxidation sites excluding steroid dienone is 3. The average Bonchev–Trinajstić information content (AvgIpc) is 2.37. The number of hydrogen-bond donors (Lipinski definition) is 1. The fourth-order valence-electron chi connectivity index (χ4n) is 1.43. The minimum Gasteiger partial charge on any atom is -0.489 e. The summed E-state index contributed by atoms with van der Waals surface area (Å²) < 4.78 is 9.59. The maximum atomic E-state index is 12.0. The van der Waals surface area contributed by atoms with E-state index in [1.54, 1.807) is 0 Å². The van der Waals surface area contributed by atoms with Crippen molar-refractivity contribution in [2.24, 2.45) is 0 Å². The number of Topliss-reactive ketones (excluding diaryl/α,β-unsaturated/α-hetero) is 2. The molecule has 0 unspecified atom stereocenters. The second kappa shape index (κ2) is 5.71. The van der Waals surface area contributed by atoms with Gasteiger partial charge in [0.2, 0.25) is 23.1 Å². The number of aliphatic carboxylic acids is 1. The normalized spacial score (nSPS) is 16.9. The Morgan fingerprint density at radius 3 is 2.05 bits per heavy atom. The largest absolute Gasteiger partial charge is 0.489 e. The van der Waals surface area contributed by atoms with Gasteiger partial charge >= 0.3 is 5.97 Å². The molecule has 1 aliphatic rings. The van der Waals surface area contributed by atoms with Gasteiger partial charge in [0.05, 0.1) is 14.2 Å². The Balaban J connectivity index is 3.40. The third-order valence-electron chi connectivity index (χ3n) is 2.41. The highest BCUT2D eigenvalue weighted by molar-refractivity contribution is 6.49. The van der Waals surface area contributed by atoms with E-state index < -0.39 is 22.6 Å². The maximum Gasteiger partial charge on any atom is 0.331 e. The molecule has 1 N–H and O–H groups in total. The van der Waals surface area contributed by atoms with Crippen molar-refractivity contribution >= 4 is 29.1 Å². The Kier molecular flexibility index (Phi) is 4.50. The molecule has 0 bridgehead atoms. The number of methoxy groups -OCH3 is 2. The van der Waals surface area contributed by atoms with Crippen LogP contribution in [-0.2, 0) is 23.9 Å². The van der Waals surface area contributed by atoms with Crippen LogP contribution in [0, 0.1) is 0 Å². The molecule has 0 aliphatic heterocycles. The first-order valence-electron chi connectivity index (χ1n) is 5.08. The van der Waals surface area contributed by atoms with Crippen molar-refractivity contribution in [1.29, 1.82) is 0 Å². The van der Waals surface area contributed by atoms with E-state index in [4.69, 9.17) is 26.2 Å². The summed E-state index contributed by atoms with van der Waals surface area (Å²) in [4.78, 5) is 34.6. The van der Waals surface area contributed by atoms with Gasteiger partial charge in [0.1, 0.15) is 5.03 Å². The third-order valence-corrected chi connectivity index (χ3v) is 2.78. The molecule has 0 atom stereocenters. The number of ketones is 2. The number of hydrogen-bond acceptors (Lipinski definition) is 5. The van der Waals surface area contributed by atoms with E-state index in [2.05, 4.69) is 0 Å². The fourth-order valence-corrected chi connectivity index (χ4v) is 1.65. The van der Waals surface area contributed by atoms with Gasteiger partial charge in [-0.1, -0.05) is 11.6 Å². The lowest BCUT2D eigenvalue weighted by molar-refractivity contribution is -0.132. The number of carbonyl (C=O) groups excluding carboxylic acids is 2. The molecule has 0 radical (unpaired) electrons. The van der Waals surface area contributed by atoms with Crippen LogP contribution in [0.15, 0.2) is 33.8 Å². The molecule has 0 aromatic heterocycles. The zero-order valence-corrected chi connectivity index (χ0v) is 11.2. The molecule has 7 heteroatoms. The van der Waals surface area contributed by atoms with Crippen LogP contribution < -0.4 is 0 Å². The maximum absolute atomic E-state index is 12.0. The van der Waals surface area contributed by atoms with E-state index in [9.17, 15) is 14.4 Å². The van der Waals surface area contributed by atoms with E-state index in [1.165, 1.54) is 21.1 Å². The lowest BCUT2D eigenvalue weighted by atomic mass is 9.98. The van der Waals surface area contributed by atoms with Crippen molar-refractivity contribution in [1.82, 2.24) is 0 Å². The van der Waals surface area contributed by atoms with Gasteiger partial charge in [-0.15, -0.1) is 0 Å². The molecule has 0 spiro atoms. The first-order valence-corrected chi connectivity index (χ1v) is 5.46. The molecule has 1 aliphatic carbocycles. The van der Waals surface area contributed by atoms with Gasteiger partial charge in [-0.2, -0.15) is 0 Å². The van der Waals surface area contributed by atoms with Gasteiger partial charge in [0.15, 0.2) is 0 Å². The van der Waals surface area contributed by atoms with Crippen LogP contribution in [0.5, 0.6) is 0 Å². The number of carboxylic acid groups (broad SMARTS) is 1. The van der Waals surface area contributed by atoms with Crippen LogP contribution in [0.4, 0.5) is 0 Å². The zero-order chi connectivity index (χ0) is 14.7. The molecule has 0 aromatic rings. The van der Waals surface area contributed by atoms with Crippen LogP contribution >= 0.6 is 11.6 Å². The molecule has 19 heavy (non-hydrogen) atoms. The van der Waals surface area contributed by atoms with Gasteiger partial charge in [-0.3, -0.25) is 9.59 Å². The molecular weight excluding hydrogens is 276 g/mol. The zero-order valence-electron chi connectivity index (χ0n) is 10.4. The molecule has 1 rings (SSSR count). The molecule has 0 saturated carbocycles. The monoisotopic (exact) mass is 286 g/mol. The summed E-state index contributed by atoms with van der Waals surface area (Å²) in [5.74, 6) is -3.27. The molecule has 0 fully saturated rings. The van der Waals surface area contributed by atoms with Crippen LogP contribution in [0.3, 0.4) is 0 Å². The number of carboxylic acids is 1. The van der Waals surface area contributed by atoms with Crippen molar-refractivity contribution < 1.29 is 29.0 Å². The fraction of sp³-hybridized carbons (Fsp3) is 0.250. The summed E-state index contributed by atoms with van der Waals surface area (Å²) in [6.07, 6.45) is 1.02. The smallest absolute Gasteiger partial charge is 0.331 e. The Labute approximate surface area is 113 Å². The summed E-state index contributed by atoms with van der Waals surface area (Å²) in [6.45, 7) is 1.28. The van der Waals surface area contributed by atoms with Crippen LogP contribution in [-0.4, -0.2) is 36.9 Å². The lowest BCUT2D eigenvalue weighted by Gasteiger charge is -2.17. The van der Waals surface area contributed by atoms with Crippen molar-refractivity contribution in [2.75, 3.05) is 14.2 Å². The highest BCUT2D eigenvalue weighted by atomic mass is 35.5. The molecule has 0 saturated heterocycles. The summed E-state index contributed by atoms with van der Waals surface area (Å²) in [7, 11) is 2.40. The SMILES string of the molecule is COC1=C(OC)C(=O)C(/C=C(\C)C(=O)O)=C(Cl)C1=O. The van der Waals surface area contributed by atoms with Gasteiger partial charge in [0.25, 0.3) is 0 Å². The Morgan fingerprint density at radius 1 is 1.16 bits per heavy atom. The summed E-state index contributed by atoms with van der Waals surface area (Å²) in [5.41, 5.74) is -0.366. The van der Waals surface area contributed by atoms with Crippen molar-refractivity contribution in [2.45, 2.75) is 6.92 Å². The first kappa shape index (κ1) is 15.0. The molecule has 102 valence electrons. The van der Waals surface area contributed by atoms with E-state index in [0.29, 0.717) is 0 Å². The van der Waals surface area contributed by atoms with Crippen LogP contribution in [0.25, 0.3) is 0 Å². The molecule has 0 aromatic carbocycles. The number of ether oxygens (including phenoxy) is 2. The molecule has 0 heterocycles. The van der Waals surface area contributed by atoms with Crippen LogP contribution in [0.2, 0.25) is 0 Å². The van der Waals surface area contributed by atoms with Gasteiger partial charge in [-0.25, -0.2) is 4.79 Å². The highest BCUT2D eigenvalue weighted by Gasteiger charge is 2.35. The standard InChI is InChI=1S/C12H11ClO6/c1-5(12(16)17)4-6-7(13)9(15)11(19-3)10(18-2)8(6)14/h4H,1-3H3,(H,16,17)/b5-4+. The molecular formula is C12H11ClO6. The molecule has 0 amide bonds. The van der Waals surface area contributed by atoms with E-state index in [0.717, 1.165) is 6.08 Å². The number of rotatable bonds is 4. The number of carbonyl (C=O) groups is 3. The van der Waals surface area contributed by atoms with E-state index >= 15 is 0 Å². The van der Waals surface area contributed by atoms with E-state index in [-0.39, 0.29) is 22.7 Å².